The normalized spacial score (nSPS) is 17.4. The van der Waals surface area contributed by atoms with E-state index in [0.29, 0.717) is 5.92 Å². The molecule has 0 aliphatic heterocycles. The molecule has 0 aliphatic rings. The molecule has 2 heteroatoms. The summed E-state index contributed by atoms with van der Waals surface area (Å²) in [5, 5.41) is 0. The Morgan fingerprint density at radius 1 is 1.30 bits per heavy atom. The highest BCUT2D eigenvalue weighted by atomic mass is 35.5. The molecule has 62 valence electrons. The van der Waals surface area contributed by atoms with Crippen molar-refractivity contribution < 1.29 is 4.74 Å². The number of hydrogen-bond acceptors (Lipinski definition) is 1. The van der Waals surface area contributed by atoms with Gasteiger partial charge < -0.3 is 4.74 Å². The Morgan fingerprint density at radius 3 is 2.10 bits per heavy atom. The molecule has 0 radical (unpaired) electrons. The zero-order valence-corrected chi connectivity index (χ0v) is 7.98. The van der Waals surface area contributed by atoms with Crippen molar-refractivity contribution in [3.05, 3.63) is 0 Å². The van der Waals surface area contributed by atoms with Gasteiger partial charge in [0.15, 0.2) is 0 Å². The highest BCUT2D eigenvalue weighted by molar-refractivity contribution is 6.19. The van der Waals surface area contributed by atoms with Crippen LogP contribution in [0.15, 0.2) is 0 Å². The zero-order valence-electron chi connectivity index (χ0n) is 7.23. The van der Waals surface area contributed by atoms with Crippen LogP contribution in [0, 0.1) is 5.92 Å². The standard InChI is InChI=1S/C8H17ClO/c1-5-7(4)8(9)10-6(2)3/h6-8H,5H2,1-4H3. The van der Waals surface area contributed by atoms with Gasteiger partial charge in [-0.15, -0.1) is 0 Å². The summed E-state index contributed by atoms with van der Waals surface area (Å²) in [6, 6.07) is 0. The summed E-state index contributed by atoms with van der Waals surface area (Å²) in [4.78, 5) is 0. The van der Waals surface area contributed by atoms with Gasteiger partial charge in [0, 0.05) is 0 Å². The molecule has 0 saturated heterocycles. The van der Waals surface area contributed by atoms with E-state index >= 15 is 0 Å². The second kappa shape index (κ2) is 4.97. The minimum Gasteiger partial charge on any atom is -0.360 e. The molecule has 0 heterocycles. The van der Waals surface area contributed by atoms with Crippen molar-refractivity contribution in [1.29, 1.82) is 0 Å². The molecule has 0 aliphatic carbocycles. The van der Waals surface area contributed by atoms with Crippen molar-refractivity contribution >= 4 is 11.6 Å². The van der Waals surface area contributed by atoms with E-state index in [0.717, 1.165) is 6.42 Å². The van der Waals surface area contributed by atoms with Crippen LogP contribution in [0.4, 0.5) is 0 Å². The Balaban J connectivity index is 3.50. The van der Waals surface area contributed by atoms with Crippen LogP contribution in [-0.4, -0.2) is 11.7 Å². The van der Waals surface area contributed by atoms with E-state index in [-0.39, 0.29) is 11.7 Å². The number of alkyl halides is 1. The van der Waals surface area contributed by atoms with Gasteiger partial charge in [-0.1, -0.05) is 25.4 Å². The van der Waals surface area contributed by atoms with Crippen molar-refractivity contribution in [2.75, 3.05) is 0 Å². The third-order valence-electron chi connectivity index (χ3n) is 1.49. The van der Waals surface area contributed by atoms with Gasteiger partial charge in [0.05, 0.1) is 6.10 Å². The average Bonchev–Trinajstić information content (AvgIpc) is 1.85. The topological polar surface area (TPSA) is 9.23 Å². The van der Waals surface area contributed by atoms with E-state index < -0.39 is 0 Å². The van der Waals surface area contributed by atoms with Gasteiger partial charge in [0.2, 0.25) is 0 Å². The molecule has 2 atom stereocenters. The molecule has 0 aromatic carbocycles. The maximum Gasteiger partial charge on any atom is 0.134 e. The van der Waals surface area contributed by atoms with E-state index in [2.05, 4.69) is 13.8 Å². The van der Waals surface area contributed by atoms with Gasteiger partial charge >= 0.3 is 0 Å². The Labute approximate surface area is 68.7 Å². The molecule has 0 saturated carbocycles. The molecule has 0 spiro atoms. The summed E-state index contributed by atoms with van der Waals surface area (Å²) >= 11 is 5.90. The fraction of sp³-hybridized carbons (Fsp3) is 1.00. The van der Waals surface area contributed by atoms with Crippen LogP contribution >= 0.6 is 11.6 Å². The summed E-state index contributed by atoms with van der Waals surface area (Å²) in [5.41, 5.74) is -0.120. The molecular weight excluding hydrogens is 148 g/mol. The number of ether oxygens (including phenoxy) is 1. The highest BCUT2D eigenvalue weighted by Gasteiger charge is 2.13. The molecule has 0 rings (SSSR count). The highest BCUT2D eigenvalue weighted by Crippen LogP contribution is 2.16. The first-order valence-corrected chi connectivity index (χ1v) is 4.31. The summed E-state index contributed by atoms with van der Waals surface area (Å²) < 4.78 is 5.37. The van der Waals surface area contributed by atoms with Crippen LogP contribution in [0.3, 0.4) is 0 Å². The average molecular weight is 165 g/mol. The van der Waals surface area contributed by atoms with Crippen LogP contribution in [0.25, 0.3) is 0 Å². The smallest absolute Gasteiger partial charge is 0.134 e. The Kier molecular flexibility index (Phi) is 5.10. The van der Waals surface area contributed by atoms with Crippen LogP contribution in [0.5, 0.6) is 0 Å². The van der Waals surface area contributed by atoms with Crippen LogP contribution in [-0.2, 0) is 4.74 Å². The number of rotatable bonds is 4. The van der Waals surface area contributed by atoms with Gasteiger partial charge in [0.25, 0.3) is 0 Å². The van der Waals surface area contributed by atoms with Crippen molar-refractivity contribution in [3.63, 3.8) is 0 Å². The van der Waals surface area contributed by atoms with Gasteiger partial charge in [-0.25, -0.2) is 0 Å². The Hall–Kier alpha value is 0.250. The molecule has 0 fully saturated rings. The summed E-state index contributed by atoms with van der Waals surface area (Å²) in [7, 11) is 0. The molecule has 2 unspecified atom stereocenters. The molecule has 0 amide bonds. The summed E-state index contributed by atoms with van der Waals surface area (Å²) in [6.07, 6.45) is 1.30. The first kappa shape index (κ1) is 10.2. The molecular formula is C8H17ClO. The third kappa shape index (κ3) is 4.13. The fourth-order valence-electron chi connectivity index (χ4n) is 0.579. The maximum atomic E-state index is 5.90. The van der Waals surface area contributed by atoms with E-state index in [1.54, 1.807) is 0 Å². The van der Waals surface area contributed by atoms with Crippen LogP contribution < -0.4 is 0 Å². The number of hydrogen-bond donors (Lipinski definition) is 0. The van der Waals surface area contributed by atoms with E-state index in [1.165, 1.54) is 0 Å². The van der Waals surface area contributed by atoms with Gasteiger partial charge in [-0.05, 0) is 26.2 Å². The van der Waals surface area contributed by atoms with E-state index in [1.807, 2.05) is 13.8 Å². The second-order valence-corrected chi connectivity index (χ2v) is 3.35. The SMILES string of the molecule is CCC(C)C(Cl)OC(C)C. The van der Waals surface area contributed by atoms with Crippen molar-refractivity contribution in [2.45, 2.75) is 45.8 Å². The molecule has 10 heavy (non-hydrogen) atoms. The van der Waals surface area contributed by atoms with E-state index in [9.17, 15) is 0 Å². The quantitative estimate of drug-likeness (QED) is 0.581. The van der Waals surface area contributed by atoms with Gasteiger partial charge in [-0.3, -0.25) is 0 Å². The fourth-order valence-corrected chi connectivity index (χ4v) is 0.963. The first-order chi connectivity index (χ1) is 4.57. The molecule has 0 aromatic rings. The monoisotopic (exact) mass is 164 g/mol. The summed E-state index contributed by atoms with van der Waals surface area (Å²) in [6.45, 7) is 8.21. The van der Waals surface area contributed by atoms with Crippen molar-refractivity contribution in [3.8, 4) is 0 Å². The second-order valence-electron chi connectivity index (χ2n) is 2.92. The maximum absolute atomic E-state index is 5.90. The largest absolute Gasteiger partial charge is 0.360 e. The minimum atomic E-state index is -0.120. The molecule has 0 N–H and O–H groups in total. The molecule has 0 aromatic heterocycles. The minimum absolute atomic E-state index is 0.120. The van der Waals surface area contributed by atoms with Crippen molar-refractivity contribution in [2.24, 2.45) is 5.92 Å². The lowest BCUT2D eigenvalue weighted by Crippen LogP contribution is -2.18. The molecule has 1 nitrogen and oxygen atoms in total. The lowest BCUT2D eigenvalue weighted by molar-refractivity contribution is 0.0264. The summed E-state index contributed by atoms with van der Waals surface area (Å²) in [5.74, 6) is 0.448. The van der Waals surface area contributed by atoms with Crippen molar-refractivity contribution in [1.82, 2.24) is 0 Å². The lowest BCUT2D eigenvalue weighted by Gasteiger charge is -2.18. The van der Waals surface area contributed by atoms with Crippen LogP contribution in [0.1, 0.15) is 34.1 Å². The predicted octanol–water partition coefficient (Wildman–Crippen LogP) is 3.02. The lowest BCUT2D eigenvalue weighted by atomic mass is 10.1. The van der Waals surface area contributed by atoms with Crippen LogP contribution in [0.2, 0.25) is 0 Å². The Morgan fingerprint density at radius 2 is 1.80 bits per heavy atom. The predicted molar refractivity (Wildman–Crippen MR) is 45.3 cm³/mol. The third-order valence-corrected chi connectivity index (χ3v) is 2.03. The number of halogens is 1. The van der Waals surface area contributed by atoms with Gasteiger partial charge in [0.1, 0.15) is 5.56 Å². The zero-order chi connectivity index (χ0) is 8.15. The first-order valence-electron chi connectivity index (χ1n) is 3.87. The van der Waals surface area contributed by atoms with Gasteiger partial charge in [-0.2, -0.15) is 0 Å². The van der Waals surface area contributed by atoms with E-state index in [4.69, 9.17) is 16.3 Å². The Bertz CT molecular complexity index is 83.3. The molecule has 0 bridgehead atoms.